The molecule has 3 aromatic rings. The number of amides is 1. The third kappa shape index (κ3) is 5.96. The smallest absolute Gasteiger partial charge is 0.243 e. The van der Waals surface area contributed by atoms with Crippen molar-refractivity contribution in [2.24, 2.45) is 5.92 Å². The molecule has 1 N–H and O–H groups in total. The number of carbonyl (C=O) groups excluding carboxylic acids is 1. The van der Waals surface area contributed by atoms with Gasteiger partial charge in [0.15, 0.2) is 5.13 Å². The van der Waals surface area contributed by atoms with Gasteiger partial charge in [0.2, 0.25) is 21.8 Å². The minimum Gasteiger partial charge on any atom is -0.481 e. The van der Waals surface area contributed by atoms with Crippen LogP contribution >= 0.6 is 11.3 Å². The van der Waals surface area contributed by atoms with Gasteiger partial charge in [-0.25, -0.2) is 18.4 Å². The summed E-state index contributed by atoms with van der Waals surface area (Å²) in [6.45, 7) is 5.69. The van der Waals surface area contributed by atoms with Crippen LogP contribution in [0.5, 0.6) is 5.88 Å². The SMILES string of the molecule is COc1ccc2nc(NC(=O)C(CC3CCCC3)c3ccc(S(=O)(=O)N4CCN(C)C(C)(C)C4)cc3)sc2n1. The van der Waals surface area contributed by atoms with Crippen LogP contribution in [0.25, 0.3) is 10.3 Å². The number of likely N-dealkylation sites (N-methyl/N-ethyl adjacent to an activating group) is 1. The number of hydrogen-bond donors (Lipinski definition) is 1. The van der Waals surface area contributed by atoms with E-state index in [1.807, 2.05) is 13.1 Å². The third-order valence-corrected chi connectivity index (χ3v) is 11.0. The van der Waals surface area contributed by atoms with Crippen LogP contribution in [0.1, 0.15) is 57.4 Å². The fourth-order valence-electron chi connectivity index (χ4n) is 5.56. The van der Waals surface area contributed by atoms with Gasteiger partial charge in [0.05, 0.1) is 17.9 Å². The van der Waals surface area contributed by atoms with Crippen LogP contribution in [-0.2, 0) is 14.8 Å². The minimum atomic E-state index is -3.63. The summed E-state index contributed by atoms with van der Waals surface area (Å²) < 4.78 is 33.7. The molecule has 210 valence electrons. The molecule has 0 bridgehead atoms. The molecule has 1 atom stereocenters. The summed E-state index contributed by atoms with van der Waals surface area (Å²) in [6, 6.07) is 10.5. The number of rotatable bonds is 8. The normalized spacial score (nSPS) is 19.8. The zero-order valence-corrected chi connectivity index (χ0v) is 24.6. The topological polar surface area (TPSA) is 105 Å². The maximum absolute atomic E-state index is 13.6. The number of fused-ring (bicyclic) bond motifs is 1. The van der Waals surface area contributed by atoms with Crippen LogP contribution in [0, 0.1) is 5.92 Å². The number of nitrogens with one attached hydrogen (secondary N) is 1. The predicted octanol–water partition coefficient (Wildman–Crippen LogP) is 4.72. The zero-order chi connectivity index (χ0) is 27.8. The fourth-order valence-corrected chi connectivity index (χ4v) is 7.97. The number of benzene rings is 1. The van der Waals surface area contributed by atoms with Gasteiger partial charge in [-0.15, -0.1) is 0 Å². The van der Waals surface area contributed by atoms with E-state index in [9.17, 15) is 13.2 Å². The number of carbonyl (C=O) groups is 1. The predicted molar refractivity (Wildman–Crippen MR) is 154 cm³/mol. The number of pyridine rings is 1. The lowest BCUT2D eigenvalue weighted by Crippen LogP contribution is -2.58. The molecular formula is C28H37N5O4S2. The quantitative estimate of drug-likeness (QED) is 0.417. The number of hydrogen-bond acceptors (Lipinski definition) is 8. The maximum atomic E-state index is 13.6. The molecule has 3 heterocycles. The highest BCUT2D eigenvalue weighted by molar-refractivity contribution is 7.89. The molecule has 1 saturated heterocycles. The van der Waals surface area contributed by atoms with Crippen molar-refractivity contribution in [3.8, 4) is 5.88 Å². The molecule has 2 aromatic heterocycles. The number of methoxy groups -OCH3 is 1. The van der Waals surface area contributed by atoms with Crippen LogP contribution in [0.4, 0.5) is 5.13 Å². The van der Waals surface area contributed by atoms with Crippen LogP contribution < -0.4 is 10.1 Å². The highest BCUT2D eigenvalue weighted by Crippen LogP contribution is 2.36. The number of ether oxygens (including phenoxy) is 1. The van der Waals surface area contributed by atoms with E-state index in [0.717, 1.165) is 24.8 Å². The summed E-state index contributed by atoms with van der Waals surface area (Å²) in [5.74, 6) is 0.433. The Balaban J connectivity index is 1.37. The number of nitrogens with zero attached hydrogens (tertiary/aromatic N) is 4. The second-order valence-corrected chi connectivity index (χ2v) is 14.2. The number of aromatic nitrogens is 2. The lowest BCUT2D eigenvalue weighted by molar-refractivity contribution is -0.118. The first-order valence-corrected chi connectivity index (χ1v) is 15.8. The van der Waals surface area contributed by atoms with E-state index in [1.165, 1.54) is 24.2 Å². The summed E-state index contributed by atoms with van der Waals surface area (Å²) >= 11 is 1.31. The van der Waals surface area contributed by atoms with E-state index in [1.54, 1.807) is 41.7 Å². The molecule has 1 unspecified atom stereocenters. The van der Waals surface area contributed by atoms with Crippen molar-refractivity contribution in [2.45, 2.75) is 62.3 Å². The van der Waals surface area contributed by atoms with Crippen LogP contribution in [-0.4, -0.2) is 72.8 Å². The van der Waals surface area contributed by atoms with Gasteiger partial charge < -0.3 is 10.1 Å². The highest BCUT2D eigenvalue weighted by atomic mass is 32.2. The average Bonchev–Trinajstić information content (AvgIpc) is 3.57. The second-order valence-electron chi connectivity index (χ2n) is 11.3. The highest BCUT2D eigenvalue weighted by Gasteiger charge is 2.37. The Bertz CT molecular complexity index is 1430. The van der Waals surface area contributed by atoms with Gasteiger partial charge >= 0.3 is 0 Å². The molecule has 1 amide bonds. The first-order valence-electron chi connectivity index (χ1n) is 13.5. The minimum absolute atomic E-state index is 0.135. The summed E-state index contributed by atoms with van der Waals surface area (Å²) in [5.41, 5.74) is 1.28. The van der Waals surface area contributed by atoms with E-state index in [4.69, 9.17) is 4.74 Å². The molecule has 2 aliphatic rings. The van der Waals surface area contributed by atoms with Gasteiger partial charge in [0.25, 0.3) is 0 Å². The molecule has 2 fully saturated rings. The van der Waals surface area contributed by atoms with Crippen molar-refractivity contribution >= 4 is 42.7 Å². The van der Waals surface area contributed by atoms with Crippen molar-refractivity contribution < 1.29 is 17.9 Å². The van der Waals surface area contributed by atoms with E-state index in [0.29, 0.717) is 46.9 Å². The molecular weight excluding hydrogens is 534 g/mol. The number of thiazole rings is 1. The van der Waals surface area contributed by atoms with Gasteiger partial charge in [-0.2, -0.15) is 4.31 Å². The van der Waals surface area contributed by atoms with Crippen molar-refractivity contribution in [1.82, 2.24) is 19.2 Å². The van der Waals surface area contributed by atoms with E-state index < -0.39 is 15.9 Å². The van der Waals surface area contributed by atoms with Gasteiger partial charge in [-0.1, -0.05) is 49.2 Å². The summed E-state index contributed by atoms with van der Waals surface area (Å²) in [6.07, 6.45) is 5.31. The van der Waals surface area contributed by atoms with E-state index in [-0.39, 0.29) is 16.3 Å². The van der Waals surface area contributed by atoms with Crippen molar-refractivity contribution in [2.75, 3.05) is 39.1 Å². The average molecular weight is 572 g/mol. The first-order chi connectivity index (χ1) is 18.6. The largest absolute Gasteiger partial charge is 0.481 e. The van der Waals surface area contributed by atoms with E-state index >= 15 is 0 Å². The number of sulfonamides is 1. The lowest BCUT2D eigenvalue weighted by atomic mass is 9.87. The Morgan fingerprint density at radius 2 is 1.85 bits per heavy atom. The number of piperazine rings is 1. The van der Waals surface area contributed by atoms with Crippen molar-refractivity contribution in [3.63, 3.8) is 0 Å². The maximum Gasteiger partial charge on any atom is 0.243 e. The van der Waals surface area contributed by atoms with Crippen LogP contribution in [0.3, 0.4) is 0 Å². The summed E-state index contributed by atoms with van der Waals surface area (Å²) in [7, 11) is -0.0429. The van der Waals surface area contributed by atoms with Gasteiger partial charge in [0, 0.05) is 31.2 Å². The number of anilines is 1. The zero-order valence-electron chi connectivity index (χ0n) is 23.0. The molecule has 0 radical (unpaired) electrons. The van der Waals surface area contributed by atoms with Gasteiger partial charge in [-0.3, -0.25) is 9.69 Å². The summed E-state index contributed by atoms with van der Waals surface area (Å²) in [5, 5.41) is 3.50. The molecule has 1 aromatic carbocycles. The lowest BCUT2D eigenvalue weighted by Gasteiger charge is -2.44. The molecule has 9 nitrogen and oxygen atoms in total. The fraction of sp³-hybridized carbons (Fsp3) is 0.536. The molecule has 1 aliphatic heterocycles. The molecule has 5 rings (SSSR count). The Kier molecular flexibility index (Phi) is 7.96. The standard InChI is InChI=1S/C28H37N5O4S2/c1-28(2)18-33(16-15-32(28)3)39(35,36)21-11-9-20(10-12-21)22(17-19-7-5-6-8-19)25(34)31-27-29-23-13-14-24(37-4)30-26(23)38-27/h9-14,19,22H,5-8,15-18H2,1-4H3,(H,29,31,34). The Morgan fingerprint density at radius 3 is 2.51 bits per heavy atom. The molecule has 0 spiro atoms. The van der Waals surface area contributed by atoms with Crippen molar-refractivity contribution in [1.29, 1.82) is 0 Å². The molecule has 1 aliphatic carbocycles. The Labute approximate surface area is 234 Å². The molecule has 11 heteroatoms. The second kappa shape index (κ2) is 11.1. The third-order valence-electron chi connectivity index (χ3n) is 8.23. The monoisotopic (exact) mass is 571 g/mol. The van der Waals surface area contributed by atoms with E-state index in [2.05, 4.69) is 34.0 Å². The molecule has 39 heavy (non-hydrogen) atoms. The first kappa shape index (κ1) is 27.9. The van der Waals surface area contributed by atoms with Gasteiger partial charge in [0.1, 0.15) is 10.3 Å². The Hall–Kier alpha value is -2.60. The van der Waals surface area contributed by atoms with Crippen LogP contribution in [0.15, 0.2) is 41.3 Å². The van der Waals surface area contributed by atoms with Gasteiger partial charge in [-0.05, 0) is 57.0 Å². The molecule has 1 saturated carbocycles. The van der Waals surface area contributed by atoms with Crippen molar-refractivity contribution in [3.05, 3.63) is 42.0 Å². The summed E-state index contributed by atoms with van der Waals surface area (Å²) in [4.78, 5) is 25.7. The van der Waals surface area contributed by atoms with Crippen LogP contribution in [0.2, 0.25) is 0 Å². The Morgan fingerprint density at radius 1 is 1.13 bits per heavy atom.